The van der Waals surface area contributed by atoms with Crippen LogP contribution in [0.1, 0.15) is 297 Å². The summed E-state index contributed by atoms with van der Waals surface area (Å²) in [6.07, 6.45) is 49.5. The number of carbonyl (C=O) groups excluding carboxylic acids is 3. The normalized spacial score (nSPS) is 11.9. The molecule has 0 saturated heterocycles. The largest absolute Gasteiger partial charge is 0.462 e. The molecular weight excluding hydrogens is 733 g/mol. The molecule has 0 rings (SSSR count). The molecule has 0 bridgehead atoms. The quantitative estimate of drug-likeness (QED) is 0.0345. The van der Waals surface area contributed by atoms with Gasteiger partial charge in [0.25, 0.3) is 0 Å². The predicted octanol–water partition coefficient (Wildman–Crippen LogP) is 17.1. The van der Waals surface area contributed by atoms with Gasteiger partial charge in [-0.2, -0.15) is 0 Å². The van der Waals surface area contributed by atoms with Gasteiger partial charge in [-0.15, -0.1) is 0 Å². The van der Waals surface area contributed by atoms with Crippen molar-refractivity contribution in [3.05, 3.63) is 0 Å². The lowest BCUT2D eigenvalue weighted by Crippen LogP contribution is -2.30. The minimum atomic E-state index is -0.761. The number of carbonyl (C=O) groups is 3. The summed E-state index contributed by atoms with van der Waals surface area (Å²) in [4.78, 5) is 37.9. The van der Waals surface area contributed by atoms with E-state index in [9.17, 15) is 14.4 Å². The highest BCUT2D eigenvalue weighted by molar-refractivity contribution is 5.71. The number of hydrogen-bond acceptors (Lipinski definition) is 6. The lowest BCUT2D eigenvalue weighted by Gasteiger charge is -2.18. The Kier molecular flexibility index (Phi) is 46.2. The molecular formula is C53H102O6. The van der Waals surface area contributed by atoms with Crippen molar-refractivity contribution in [2.75, 3.05) is 13.2 Å². The van der Waals surface area contributed by atoms with Gasteiger partial charge in [-0.25, -0.2) is 0 Å². The summed E-state index contributed by atoms with van der Waals surface area (Å²) < 4.78 is 16.8. The molecule has 0 aromatic carbocycles. The zero-order chi connectivity index (χ0) is 43.1. The van der Waals surface area contributed by atoms with Crippen molar-refractivity contribution in [1.82, 2.24) is 0 Å². The van der Waals surface area contributed by atoms with Crippen molar-refractivity contribution >= 4 is 17.9 Å². The summed E-state index contributed by atoms with van der Waals surface area (Å²) in [5.41, 5.74) is 0. The van der Waals surface area contributed by atoms with E-state index in [1.54, 1.807) is 0 Å². The molecule has 0 fully saturated rings. The Morgan fingerprint density at radius 3 is 0.831 bits per heavy atom. The summed E-state index contributed by atoms with van der Waals surface area (Å²) in [7, 11) is 0. The Morgan fingerprint density at radius 1 is 0.322 bits per heavy atom. The van der Waals surface area contributed by atoms with E-state index in [0.717, 1.165) is 63.7 Å². The van der Waals surface area contributed by atoms with E-state index in [2.05, 4.69) is 27.7 Å². The zero-order valence-corrected chi connectivity index (χ0v) is 40.2. The highest BCUT2D eigenvalue weighted by Crippen LogP contribution is 2.17. The highest BCUT2D eigenvalue weighted by Gasteiger charge is 2.19. The maximum Gasteiger partial charge on any atom is 0.306 e. The van der Waals surface area contributed by atoms with Crippen LogP contribution in [0.2, 0.25) is 0 Å². The molecule has 0 aliphatic carbocycles. The standard InChI is InChI=1S/C53H102O6/c1-5-7-9-11-13-15-17-19-20-21-22-24-25-27-32-36-40-44-51(54)57-47-50(48-58-52(55)45-41-37-33-30-29-31-35-39-43-49(3)4)59-53(56)46-42-38-34-28-26-23-18-16-14-12-10-8-6-2/h49-50H,5-48H2,1-4H3/t50-/m0/s1. The number of esters is 3. The van der Waals surface area contributed by atoms with Gasteiger partial charge in [0.2, 0.25) is 0 Å². The molecule has 6 nitrogen and oxygen atoms in total. The van der Waals surface area contributed by atoms with Crippen molar-refractivity contribution in [1.29, 1.82) is 0 Å². The van der Waals surface area contributed by atoms with E-state index in [0.29, 0.717) is 19.3 Å². The number of unbranched alkanes of at least 4 members (excludes halogenated alkanes) is 35. The first kappa shape index (κ1) is 57.4. The van der Waals surface area contributed by atoms with Crippen LogP contribution in [0.25, 0.3) is 0 Å². The van der Waals surface area contributed by atoms with E-state index in [-0.39, 0.29) is 31.1 Å². The molecule has 0 amide bonds. The zero-order valence-electron chi connectivity index (χ0n) is 40.2. The lowest BCUT2D eigenvalue weighted by molar-refractivity contribution is -0.167. The monoisotopic (exact) mass is 835 g/mol. The Hall–Kier alpha value is -1.59. The van der Waals surface area contributed by atoms with Crippen LogP contribution in [0.3, 0.4) is 0 Å². The fraction of sp³-hybridized carbons (Fsp3) is 0.943. The van der Waals surface area contributed by atoms with Crippen molar-refractivity contribution in [3.63, 3.8) is 0 Å². The maximum atomic E-state index is 12.8. The molecule has 59 heavy (non-hydrogen) atoms. The number of hydrogen-bond donors (Lipinski definition) is 0. The molecule has 0 spiro atoms. The van der Waals surface area contributed by atoms with Crippen molar-refractivity contribution in [3.8, 4) is 0 Å². The molecule has 0 aromatic rings. The SMILES string of the molecule is CCCCCCCCCCCCCCCCCCCC(=O)OC[C@@H](COC(=O)CCCCCCCCCCC(C)C)OC(=O)CCCCCCCCCCCCCCC. The van der Waals surface area contributed by atoms with Crippen molar-refractivity contribution < 1.29 is 28.6 Å². The van der Waals surface area contributed by atoms with Crippen LogP contribution in [-0.4, -0.2) is 37.2 Å². The molecule has 0 aromatic heterocycles. The van der Waals surface area contributed by atoms with Crippen LogP contribution in [0, 0.1) is 5.92 Å². The summed E-state index contributed by atoms with van der Waals surface area (Å²) in [5, 5.41) is 0. The third kappa shape index (κ3) is 47.3. The predicted molar refractivity (Wildman–Crippen MR) is 252 cm³/mol. The highest BCUT2D eigenvalue weighted by atomic mass is 16.6. The smallest absolute Gasteiger partial charge is 0.306 e. The molecule has 0 aliphatic heterocycles. The third-order valence-electron chi connectivity index (χ3n) is 12.0. The van der Waals surface area contributed by atoms with Crippen LogP contribution < -0.4 is 0 Å². The molecule has 0 radical (unpaired) electrons. The molecule has 0 saturated carbocycles. The summed E-state index contributed by atoms with van der Waals surface area (Å²) in [6.45, 7) is 9.00. The summed E-state index contributed by atoms with van der Waals surface area (Å²) in [6, 6.07) is 0. The average Bonchev–Trinajstić information content (AvgIpc) is 3.22. The Balaban J connectivity index is 4.27. The van der Waals surface area contributed by atoms with Crippen LogP contribution in [0.5, 0.6) is 0 Å². The average molecular weight is 835 g/mol. The van der Waals surface area contributed by atoms with Crippen molar-refractivity contribution in [2.24, 2.45) is 5.92 Å². The lowest BCUT2D eigenvalue weighted by atomic mass is 10.0. The van der Waals surface area contributed by atoms with Crippen LogP contribution in [0.15, 0.2) is 0 Å². The topological polar surface area (TPSA) is 78.9 Å². The van der Waals surface area contributed by atoms with Crippen LogP contribution >= 0.6 is 0 Å². The minimum Gasteiger partial charge on any atom is -0.462 e. The van der Waals surface area contributed by atoms with Crippen molar-refractivity contribution in [2.45, 2.75) is 303 Å². The van der Waals surface area contributed by atoms with E-state index >= 15 is 0 Å². The van der Waals surface area contributed by atoms with E-state index in [1.807, 2.05) is 0 Å². The van der Waals surface area contributed by atoms with Gasteiger partial charge in [0.15, 0.2) is 6.10 Å². The van der Waals surface area contributed by atoms with Gasteiger partial charge < -0.3 is 14.2 Å². The summed E-state index contributed by atoms with van der Waals surface area (Å²) >= 11 is 0. The maximum absolute atomic E-state index is 12.8. The summed E-state index contributed by atoms with van der Waals surface area (Å²) in [5.74, 6) is -0.0484. The molecule has 0 unspecified atom stereocenters. The number of ether oxygens (including phenoxy) is 3. The van der Waals surface area contributed by atoms with Crippen LogP contribution in [-0.2, 0) is 28.6 Å². The second-order valence-corrected chi connectivity index (χ2v) is 18.6. The van der Waals surface area contributed by atoms with Gasteiger partial charge in [-0.1, -0.05) is 259 Å². The second-order valence-electron chi connectivity index (χ2n) is 18.6. The first-order valence-corrected chi connectivity index (χ1v) is 26.4. The molecule has 0 heterocycles. The molecule has 0 N–H and O–H groups in total. The molecule has 6 heteroatoms. The fourth-order valence-corrected chi connectivity index (χ4v) is 8.04. The van der Waals surface area contributed by atoms with Gasteiger partial charge in [-0.3, -0.25) is 14.4 Å². The third-order valence-corrected chi connectivity index (χ3v) is 12.0. The molecule has 350 valence electrons. The Labute approximate surface area is 368 Å². The second kappa shape index (κ2) is 47.5. The van der Waals surface area contributed by atoms with Gasteiger partial charge >= 0.3 is 17.9 Å². The van der Waals surface area contributed by atoms with E-state index < -0.39 is 6.10 Å². The van der Waals surface area contributed by atoms with E-state index in [1.165, 1.54) is 193 Å². The first-order chi connectivity index (χ1) is 28.9. The van der Waals surface area contributed by atoms with Gasteiger partial charge in [-0.05, 0) is 25.2 Å². The van der Waals surface area contributed by atoms with Crippen LogP contribution in [0.4, 0.5) is 0 Å². The Morgan fingerprint density at radius 2 is 0.559 bits per heavy atom. The fourth-order valence-electron chi connectivity index (χ4n) is 8.04. The van der Waals surface area contributed by atoms with Gasteiger partial charge in [0.05, 0.1) is 0 Å². The van der Waals surface area contributed by atoms with Gasteiger partial charge in [0.1, 0.15) is 13.2 Å². The minimum absolute atomic E-state index is 0.0629. The Bertz CT molecular complexity index is 887. The first-order valence-electron chi connectivity index (χ1n) is 26.4. The van der Waals surface area contributed by atoms with Gasteiger partial charge in [0, 0.05) is 19.3 Å². The molecule has 0 aliphatic rings. The molecule has 1 atom stereocenters. The number of rotatable bonds is 48. The van der Waals surface area contributed by atoms with E-state index in [4.69, 9.17) is 14.2 Å².